The average molecular weight is 183 g/mol. The maximum Gasteiger partial charge on any atom is 0.237 e. The van der Waals surface area contributed by atoms with Crippen LogP contribution >= 0.6 is 0 Å². The van der Waals surface area contributed by atoms with Crippen molar-refractivity contribution in [3.63, 3.8) is 0 Å². The van der Waals surface area contributed by atoms with Gasteiger partial charge in [-0.2, -0.15) is 0 Å². The molecule has 2 atom stereocenters. The minimum absolute atomic E-state index is 0.0846. The normalized spacial score (nSPS) is 32.6. The van der Waals surface area contributed by atoms with E-state index >= 15 is 0 Å². The average Bonchev–Trinajstić information content (AvgIpc) is 2.49. The lowest BCUT2D eigenvalue weighted by Crippen LogP contribution is -2.54. The van der Waals surface area contributed by atoms with Crippen molar-refractivity contribution in [1.29, 1.82) is 0 Å². The maximum absolute atomic E-state index is 11.4. The number of carbonyl (C=O) groups excluding carboxylic acids is 1. The molecule has 3 N–H and O–H groups in total. The molecule has 0 bridgehead atoms. The van der Waals surface area contributed by atoms with Gasteiger partial charge in [-0.05, 0) is 32.4 Å². The number of nitrogens with one attached hydrogen (secondary N) is 3. The molecule has 2 aliphatic rings. The third-order valence-electron chi connectivity index (χ3n) is 2.83. The summed E-state index contributed by atoms with van der Waals surface area (Å²) in [6.07, 6.45) is 3.42. The van der Waals surface area contributed by atoms with Gasteiger partial charge in [0, 0.05) is 12.6 Å². The van der Waals surface area contributed by atoms with Crippen LogP contribution in [0.1, 0.15) is 19.3 Å². The van der Waals surface area contributed by atoms with E-state index in [-0.39, 0.29) is 11.9 Å². The molecule has 0 spiro atoms. The van der Waals surface area contributed by atoms with Gasteiger partial charge in [0.25, 0.3) is 0 Å². The minimum Gasteiger partial charge on any atom is -0.353 e. The van der Waals surface area contributed by atoms with E-state index in [1.807, 2.05) is 0 Å². The molecule has 0 saturated carbocycles. The minimum atomic E-state index is 0.0846. The van der Waals surface area contributed by atoms with Crippen LogP contribution in [0, 0.1) is 0 Å². The van der Waals surface area contributed by atoms with Crippen molar-refractivity contribution in [2.75, 3.05) is 19.6 Å². The molecular weight excluding hydrogens is 166 g/mol. The first-order valence-corrected chi connectivity index (χ1v) is 5.11. The van der Waals surface area contributed by atoms with Crippen LogP contribution in [0.3, 0.4) is 0 Å². The third-order valence-corrected chi connectivity index (χ3v) is 2.83. The zero-order valence-electron chi connectivity index (χ0n) is 7.81. The molecule has 0 aromatic heterocycles. The van der Waals surface area contributed by atoms with Crippen LogP contribution in [0.5, 0.6) is 0 Å². The predicted molar refractivity (Wildman–Crippen MR) is 50.4 cm³/mol. The molecule has 0 aromatic rings. The summed E-state index contributed by atoms with van der Waals surface area (Å²) in [6, 6.07) is 0.588. The van der Waals surface area contributed by atoms with Gasteiger partial charge in [0.05, 0.1) is 6.04 Å². The lowest BCUT2D eigenvalue weighted by Gasteiger charge is -2.26. The molecule has 2 rings (SSSR count). The highest BCUT2D eigenvalue weighted by Gasteiger charge is 2.25. The molecule has 13 heavy (non-hydrogen) atoms. The summed E-state index contributed by atoms with van der Waals surface area (Å²) < 4.78 is 0. The highest BCUT2D eigenvalue weighted by atomic mass is 16.2. The highest BCUT2D eigenvalue weighted by Crippen LogP contribution is 2.04. The van der Waals surface area contributed by atoms with Gasteiger partial charge in [0.1, 0.15) is 0 Å². The van der Waals surface area contributed by atoms with Gasteiger partial charge in [-0.1, -0.05) is 0 Å². The number of amides is 1. The monoisotopic (exact) mass is 183 g/mol. The fraction of sp³-hybridized carbons (Fsp3) is 0.889. The second kappa shape index (κ2) is 4.07. The second-order valence-corrected chi connectivity index (χ2v) is 3.83. The van der Waals surface area contributed by atoms with Crippen LogP contribution in [0.4, 0.5) is 0 Å². The van der Waals surface area contributed by atoms with Gasteiger partial charge >= 0.3 is 0 Å². The first-order chi connectivity index (χ1) is 6.36. The number of hydrogen-bond donors (Lipinski definition) is 3. The summed E-state index contributed by atoms with van der Waals surface area (Å²) in [4.78, 5) is 11.4. The summed E-state index contributed by atoms with van der Waals surface area (Å²) in [6.45, 7) is 2.87. The topological polar surface area (TPSA) is 53.2 Å². The van der Waals surface area contributed by atoms with E-state index in [1.165, 1.54) is 12.8 Å². The standard InChI is InChI=1S/C9H17N3O/c13-9(8-3-5-11-8)12-6-7-2-1-4-10-7/h7-8,10-11H,1-6H2,(H,12,13)/t7?,8-/m1/s1. The molecule has 0 aliphatic carbocycles. The first kappa shape index (κ1) is 8.97. The number of hydrogen-bond acceptors (Lipinski definition) is 3. The molecule has 4 nitrogen and oxygen atoms in total. The molecule has 2 fully saturated rings. The first-order valence-electron chi connectivity index (χ1n) is 5.11. The zero-order chi connectivity index (χ0) is 9.10. The molecule has 4 heteroatoms. The van der Waals surface area contributed by atoms with Crippen LogP contribution < -0.4 is 16.0 Å². The molecule has 1 unspecified atom stereocenters. The number of carbonyl (C=O) groups is 1. The number of rotatable bonds is 3. The quantitative estimate of drug-likeness (QED) is 0.538. The van der Waals surface area contributed by atoms with Crippen molar-refractivity contribution in [3.8, 4) is 0 Å². The van der Waals surface area contributed by atoms with Crippen LogP contribution in [0.2, 0.25) is 0 Å². The second-order valence-electron chi connectivity index (χ2n) is 3.83. The predicted octanol–water partition coefficient (Wildman–Crippen LogP) is -0.783. The lowest BCUT2D eigenvalue weighted by molar-refractivity contribution is -0.124. The lowest BCUT2D eigenvalue weighted by atomic mass is 10.1. The largest absolute Gasteiger partial charge is 0.353 e. The van der Waals surface area contributed by atoms with Crippen LogP contribution in [0.15, 0.2) is 0 Å². The third kappa shape index (κ3) is 2.19. The fourth-order valence-electron chi connectivity index (χ4n) is 1.79. The van der Waals surface area contributed by atoms with E-state index in [4.69, 9.17) is 0 Å². The summed E-state index contributed by atoms with van der Waals surface area (Å²) in [5.41, 5.74) is 0. The summed E-state index contributed by atoms with van der Waals surface area (Å²) in [5, 5.41) is 9.40. The van der Waals surface area contributed by atoms with Crippen molar-refractivity contribution < 1.29 is 4.79 Å². The van der Waals surface area contributed by atoms with Crippen molar-refractivity contribution in [2.24, 2.45) is 0 Å². The van der Waals surface area contributed by atoms with E-state index in [0.29, 0.717) is 6.04 Å². The van der Waals surface area contributed by atoms with Crippen LogP contribution in [0.25, 0.3) is 0 Å². The summed E-state index contributed by atoms with van der Waals surface area (Å²) in [7, 11) is 0. The Morgan fingerprint density at radius 1 is 1.31 bits per heavy atom. The van der Waals surface area contributed by atoms with E-state index in [0.717, 1.165) is 26.1 Å². The summed E-state index contributed by atoms with van der Waals surface area (Å²) in [5.74, 6) is 0.167. The Kier molecular flexibility index (Phi) is 2.80. The van der Waals surface area contributed by atoms with Gasteiger partial charge in [0.15, 0.2) is 0 Å². The molecule has 74 valence electrons. The zero-order valence-corrected chi connectivity index (χ0v) is 7.81. The Morgan fingerprint density at radius 3 is 2.69 bits per heavy atom. The van der Waals surface area contributed by atoms with Crippen LogP contribution in [-0.4, -0.2) is 37.6 Å². The van der Waals surface area contributed by atoms with Crippen LogP contribution in [-0.2, 0) is 4.79 Å². The SMILES string of the molecule is O=C(NCC1CCCN1)[C@H]1CCN1. The molecule has 1 amide bonds. The highest BCUT2D eigenvalue weighted by molar-refractivity contribution is 5.82. The van der Waals surface area contributed by atoms with E-state index in [2.05, 4.69) is 16.0 Å². The van der Waals surface area contributed by atoms with E-state index in [9.17, 15) is 4.79 Å². The van der Waals surface area contributed by atoms with Gasteiger partial charge < -0.3 is 16.0 Å². The Labute approximate surface area is 78.5 Å². The molecule has 0 radical (unpaired) electrons. The van der Waals surface area contributed by atoms with Gasteiger partial charge in [-0.15, -0.1) is 0 Å². The van der Waals surface area contributed by atoms with Crippen molar-refractivity contribution in [3.05, 3.63) is 0 Å². The molecule has 2 saturated heterocycles. The van der Waals surface area contributed by atoms with Gasteiger partial charge in [-0.3, -0.25) is 4.79 Å². The van der Waals surface area contributed by atoms with Crippen molar-refractivity contribution >= 4 is 5.91 Å². The maximum atomic E-state index is 11.4. The molecule has 0 aromatic carbocycles. The fourth-order valence-corrected chi connectivity index (χ4v) is 1.79. The van der Waals surface area contributed by atoms with Gasteiger partial charge in [0.2, 0.25) is 5.91 Å². The van der Waals surface area contributed by atoms with Crippen molar-refractivity contribution in [1.82, 2.24) is 16.0 Å². The van der Waals surface area contributed by atoms with Crippen molar-refractivity contribution in [2.45, 2.75) is 31.3 Å². The molecule has 2 heterocycles. The Bertz CT molecular complexity index is 185. The molecular formula is C9H17N3O. The Balaban J connectivity index is 1.63. The van der Waals surface area contributed by atoms with E-state index < -0.39 is 0 Å². The summed E-state index contributed by atoms with van der Waals surface area (Å²) >= 11 is 0. The van der Waals surface area contributed by atoms with Gasteiger partial charge in [-0.25, -0.2) is 0 Å². The Hall–Kier alpha value is -0.610. The molecule has 2 aliphatic heterocycles. The smallest absolute Gasteiger partial charge is 0.237 e. The Morgan fingerprint density at radius 2 is 2.15 bits per heavy atom. The van der Waals surface area contributed by atoms with E-state index in [1.54, 1.807) is 0 Å².